The molecule has 0 heterocycles. The quantitative estimate of drug-likeness (QED) is 0.574. The number of carbonyl (C=O) groups excluding carboxylic acids is 1. The first-order chi connectivity index (χ1) is 7.65. The Morgan fingerprint density at radius 3 is 2.56 bits per heavy atom. The molecule has 5 heteroatoms. The van der Waals surface area contributed by atoms with Crippen molar-refractivity contribution < 1.29 is 24.5 Å². The first-order valence-electron chi connectivity index (χ1n) is 4.76. The molecule has 0 saturated heterocycles. The minimum atomic E-state index is -1.09. The largest absolute Gasteiger partial charge is 0.478 e. The number of ether oxygens (including phenoxy) is 1. The molecule has 0 amide bonds. The molecule has 0 aliphatic heterocycles. The zero-order chi connectivity index (χ0) is 12.0. The zero-order valence-electron chi connectivity index (χ0n) is 8.55. The van der Waals surface area contributed by atoms with Gasteiger partial charge in [0.2, 0.25) is 0 Å². The maximum absolute atomic E-state index is 11.4. The summed E-state index contributed by atoms with van der Waals surface area (Å²) in [5.74, 6) is -1.68. The van der Waals surface area contributed by atoms with E-state index >= 15 is 0 Å². The van der Waals surface area contributed by atoms with Crippen LogP contribution < -0.4 is 0 Å². The van der Waals surface area contributed by atoms with E-state index in [0.29, 0.717) is 6.42 Å². The highest BCUT2D eigenvalue weighted by Crippen LogP contribution is 2.07. The molecule has 0 aromatic heterocycles. The Balaban J connectivity index is 2.68. The van der Waals surface area contributed by atoms with Gasteiger partial charge in [-0.25, -0.2) is 9.59 Å². The highest BCUT2D eigenvalue weighted by Gasteiger charge is 2.10. The van der Waals surface area contributed by atoms with E-state index in [1.54, 1.807) is 0 Å². The highest BCUT2D eigenvalue weighted by molar-refractivity contribution is 5.94. The summed E-state index contributed by atoms with van der Waals surface area (Å²) in [5.41, 5.74) is 0.231. The summed E-state index contributed by atoms with van der Waals surface area (Å²) < 4.78 is 4.81. The number of hydrogen-bond donors (Lipinski definition) is 2. The fraction of sp³-hybridized carbons (Fsp3) is 0.273. The molecule has 0 bridgehead atoms. The second-order valence-electron chi connectivity index (χ2n) is 3.10. The predicted octanol–water partition coefficient (Wildman–Crippen LogP) is 0.924. The third kappa shape index (κ3) is 3.36. The van der Waals surface area contributed by atoms with Crippen LogP contribution in [0.4, 0.5) is 0 Å². The van der Waals surface area contributed by atoms with E-state index in [-0.39, 0.29) is 24.3 Å². The van der Waals surface area contributed by atoms with Crippen molar-refractivity contribution in [2.24, 2.45) is 0 Å². The van der Waals surface area contributed by atoms with Gasteiger partial charge in [0.1, 0.15) is 0 Å². The van der Waals surface area contributed by atoms with Crippen LogP contribution in [0, 0.1) is 0 Å². The van der Waals surface area contributed by atoms with Crippen LogP contribution in [0.15, 0.2) is 24.3 Å². The average molecular weight is 224 g/mol. The van der Waals surface area contributed by atoms with Crippen LogP contribution in [-0.2, 0) is 4.74 Å². The molecule has 0 spiro atoms. The minimum absolute atomic E-state index is 0.0385. The maximum atomic E-state index is 11.4. The van der Waals surface area contributed by atoms with Crippen LogP contribution >= 0.6 is 0 Å². The predicted molar refractivity (Wildman–Crippen MR) is 55.4 cm³/mol. The van der Waals surface area contributed by atoms with Crippen molar-refractivity contribution in [3.63, 3.8) is 0 Å². The van der Waals surface area contributed by atoms with Crippen LogP contribution in [-0.4, -0.2) is 35.4 Å². The summed E-state index contributed by atoms with van der Waals surface area (Å²) in [7, 11) is 0. The SMILES string of the molecule is O=C(O)c1cccc(C(=O)OCCCO)c1. The molecule has 0 unspecified atom stereocenters. The van der Waals surface area contributed by atoms with Gasteiger partial charge in [-0.3, -0.25) is 0 Å². The Bertz CT molecular complexity index is 386. The molecule has 5 nitrogen and oxygen atoms in total. The molecular weight excluding hydrogens is 212 g/mol. The topological polar surface area (TPSA) is 83.8 Å². The lowest BCUT2D eigenvalue weighted by atomic mass is 10.1. The average Bonchev–Trinajstić information content (AvgIpc) is 2.29. The van der Waals surface area contributed by atoms with Crippen molar-refractivity contribution in [2.75, 3.05) is 13.2 Å². The number of aliphatic hydroxyl groups excluding tert-OH is 1. The molecular formula is C11H12O5. The number of hydrogen-bond acceptors (Lipinski definition) is 4. The van der Waals surface area contributed by atoms with Gasteiger partial charge in [-0.1, -0.05) is 6.07 Å². The van der Waals surface area contributed by atoms with E-state index in [2.05, 4.69) is 0 Å². The molecule has 16 heavy (non-hydrogen) atoms. The Hall–Kier alpha value is -1.88. The lowest BCUT2D eigenvalue weighted by molar-refractivity contribution is 0.0482. The maximum Gasteiger partial charge on any atom is 0.338 e. The fourth-order valence-corrected chi connectivity index (χ4v) is 1.09. The van der Waals surface area contributed by atoms with Crippen molar-refractivity contribution in [1.29, 1.82) is 0 Å². The van der Waals surface area contributed by atoms with Crippen molar-refractivity contribution in [3.8, 4) is 0 Å². The molecule has 1 aromatic rings. The van der Waals surface area contributed by atoms with Crippen LogP contribution in [0.5, 0.6) is 0 Å². The molecule has 0 saturated carbocycles. The molecule has 0 aliphatic carbocycles. The number of carboxylic acids is 1. The van der Waals surface area contributed by atoms with Crippen molar-refractivity contribution in [2.45, 2.75) is 6.42 Å². The van der Waals surface area contributed by atoms with E-state index < -0.39 is 11.9 Å². The summed E-state index contributed by atoms with van der Waals surface area (Å²) in [4.78, 5) is 22.0. The standard InChI is InChI=1S/C11H12O5/c12-5-2-6-16-11(15)9-4-1-3-8(7-9)10(13)14/h1,3-4,7,12H,2,5-6H2,(H,13,14). The molecule has 86 valence electrons. The summed E-state index contributed by atoms with van der Waals surface area (Å²) in [6.07, 6.45) is 0.365. The minimum Gasteiger partial charge on any atom is -0.478 e. The van der Waals surface area contributed by atoms with Gasteiger partial charge in [-0.15, -0.1) is 0 Å². The molecule has 0 fully saturated rings. The molecule has 2 N–H and O–H groups in total. The normalized spacial score (nSPS) is 9.81. The van der Waals surface area contributed by atoms with Gasteiger partial charge in [-0.2, -0.15) is 0 Å². The molecule has 0 aliphatic rings. The summed E-state index contributed by atoms with van der Waals surface area (Å²) in [6, 6.07) is 5.61. The van der Waals surface area contributed by atoms with E-state index in [1.807, 2.05) is 0 Å². The van der Waals surface area contributed by atoms with Crippen molar-refractivity contribution >= 4 is 11.9 Å². The van der Waals surface area contributed by atoms with Crippen LogP contribution in [0.1, 0.15) is 27.1 Å². The number of carbonyl (C=O) groups is 2. The van der Waals surface area contributed by atoms with Gasteiger partial charge in [0.25, 0.3) is 0 Å². The fourth-order valence-electron chi connectivity index (χ4n) is 1.09. The van der Waals surface area contributed by atoms with Crippen LogP contribution in [0.2, 0.25) is 0 Å². The van der Waals surface area contributed by atoms with Gasteiger partial charge < -0.3 is 14.9 Å². The van der Waals surface area contributed by atoms with Gasteiger partial charge >= 0.3 is 11.9 Å². The number of aliphatic hydroxyl groups is 1. The zero-order valence-corrected chi connectivity index (χ0v) is 8.55. The first kappa shape index (κ1) is 12.2. The summed E-state index contributed by atoms with van der Waals surface area (Å²) in [5, 5.41) is 17.2. The van der Waals surface area contributed by atoms with Crippen molar-refractivity contribution in [1.82, 2.24) is 0 Å². The van der Waals surface area contributed by atoms with Crippen LogP contribution in [0.3, 0.4) is 0 Å². The Morgan fingerprint density at radius 1 is 1.25 bits per heavy atom. The highest BCUT2D eigenvalue weighted by atomic mass is 16.5. The lowest BCUT2D eigenvalue weighted by Crippen LogP contribution is -2.08. The first-order valence-corrected chi connectivity index (χ1v) is 4.76. The second kappa shape index (κ2) is 5.87. The van der Waals surface area contributed by atoms with Gasteiger partial charge in [-0.05, 0) is 18.2 Å². The number of aromatic carboxylic acids is 1. The second-order valence-corrected chi connectivity index (χ2v) is 3.10. The molecule has 1 aromatic carbocycles. The van der Waals surface area contributed by atoms with Gasteiger partial charge in [0.15, 0.2) is 0 Å². The Morgan fingerprint density at radius 2 is 1.94 bits per heavy atom. The number of rotatable bonds is 5. The molecule has 0 radical (unpaired) electrons. The van der Waals surface area contributed by atoms with E-state index in [1.165, 1.54) is 24.3 Å². The molecule has 1 rings (SSSR count). The third-order valence-corrected chi connectivity index (χ3v) is 1.88. The summed E-state index contributed by atoms with van der Waals surface area (Å²) >= 11 is 0. The number of benzene rings is 1. The monoisotopic (exact) mass is 224 g/mol. The third-order valence-electron chi connectivity index (χ3n) is 1.88. The van der Waals surface area contributed by atoms with Crippen LogP contribution in [0.25, 0.3) is 0 Å². The van der Waals surface area contributed by atoms with Crippen molar-refractivity contribution in [3.05, 3.63) is 35.4 Å². The Kier molecular flexibility index (Phi) is 4.47. The number of esters is 1. The van der Waals surface area contributed by atoms with E-state index in [0.717, 1.165) is 0 Å². The summed E-state index contributed by atoms with van der Waals surface area (Å²) in [6.45, 7) is 0.0646. The Labute approximate surface area is 92.3 Å². The van der Waals surface area contributed by atoms with Gasteiger partial charge in [0.05, 0.1) is 17.7 Å². The van der Waals surface area contributed by atoms with E-state index in [4.69, 9.17) is 14.9 Å². The van der Waals surface area contributed by atoms with E-state index in [9.17, 15) is 9.59 Å². The van der Waals surface area contributed by atoms with Gasteiger partial charge in [0, 0.05) is 13.0 Å². The number of carboxylic acid groups (broad SMARTS) is 1. The lowest BCUT2D eigenvalue weighted by Gasteiger charge is -2.04. The molecule has 0 atom stereocenters. The smallest absolute Gasteiger partial charge is 0.338 e.